The van der Waals surface area contributed by atoms with E-state index in [4.69, 9.17) is 4.74 Å². The average molecular weight is 329 g/mol. The Morgan fingerprint density at radius 3 is 2.71 bits per heavy atom. The number of rotatable bonds is 2. The Labute approximate surface area is 144 Å². The Bertz CT molecular complexity index is 638. The van der Waals surface area contributed by atoms with E-state index in [-0.39, 0.29) is 23.0 Å². The van der Waals surface area contributed by atoms with Crippen LogP contribution < -0.4 is 0 Å². The minimum atomic E-state index is -0.312. The zero-order valence-corrected chi connectivity index (χ0v) is 14.8. The van der Waals surface area contributed by atoms with Crippen LogP contribution in [0.4, 0.5) is 4.79 Å². The summed E-state index contributed by atoms with van der Waals surface area (Å²) in [6.07, 6.45) is 3.21. The van der Waals surface area contributed by atoms with Crippen molar-refractivity contribution in [3.63, 3.8) is 0 Å². The van der Waals surface area contributed by atoms with Gasteiger partial charge in [0.25, 0.3) is 0 Å². The highest BCUT2D eigenvalue weighted by Gasteiger charge is 2.49. The van der Waals surface area contributed by atoms with Gasteiger partial charge >= 0.3 is 6.09 Å². The third-order valence-electron chi connectivity index (χ3n) is 5.67. The van der Waals surface area contributed by atoms with Crippen molar-refractivity contribution in [2.45, 2.75) is 46.3 Å². The molecule has 130 valence electrons. The lowest BCUT2D eigenvalue weighted by atomic mass is 9.58. The first-order valence-corrected chi connectivity index (χ1v) is 8.68. The molecule has 1 heterocycles. The minimum absolute atomic E-state index is 0.0766. The highest BCUT2D eigenvalue weighted by Crippen LogP contribution is 2.52. The number of nitrogens with zero attached hydrogens (tertiary/aromatic N) is 1. The molecule has 4 heteroatoms. The standard InChI is InChI=1S/C20H27NO3/c1-19(2)16-10-12-21(14-20(16,3)11-9-17(19)22)18(23)24-13-15-7-5-4-6-8-15/h4-8,10,17,22H,9,11-14H2,1-3H3/t17-,20+/m0/s1. The highest BCUT2D eigenvalue weighted by atomic mass is 16.6. The van der Waals surface area contributed by atoms with Crippen molar-refractivity contribution < 1.29 is 14.6 Å². The number of carbonyl (C=O) groups excluding carboxylic acids is 1. The van der Waals surface area contributed by atoms with E-state index in [0.717, 1.165) is 18.4 Å². The van der Waals surface area contributed by atoms with Gasteiger partial charge in [-0.2, -0.15) is 0 Å². The SMILES string of the molecule is CC1(C)C2=CCN(C(=O)OCc3ccccc3)C[C@@]2(C)CC[C@@H]1O. The fourth-order valence-electron chi connectivity index (χ4n) is 4.22. The van der Waals surface area contributed by atoms with E-state index < -0.39 is 0 Å². The van der Waals surface area contributed by atoms with Crippen molar-refractivity contribution in [2.75, 3.05) is 13.1 Å². The summed E-state index contributed by atoms with van der Waals surface area (Å²) in [7, 11) is 0. The topological polar surface area (TPSA) is 49.8 Å². The second-order valence-corrected chi connectivity index (χ2v) is 7.88. The van der Waals surface area contributed by atoms with Crippen LogP contribution in [0.2, 0.25) is 0 Å². The quantitative estimate of drug-likeness (QED) is 0.841. The molecule has 0 radical (unpaired) electrons. The van der Waals surface area contributed by atoms with Crippen molar-refractivity contribution in [1.29, 1.82) is 0 Å². The number of ether oxygens (including phenoxy) is 1. The number of hydrogen-bond acceptors (Lipinski definition) is 3. The number of carbonyl (C=O) groups is 1. The van der Waals surface area contributed by atoms with Gasteiger partial charge in [0.05, 0.1) is 6.10 Å². The van der Waals surface area contributed by atoms with Crippen molar-refractivity contribution in [3.8, 4) is 0 Å². The van der Waals surface area contributed by atoms with Crippen LogP contribution in [0, 0.1) is 10.8 Å². The molecule has 0 bridgehead atoms. The Kier molecular flexibility index (Phi) is 4.43. The maximum Gasteiger partial charge on any atom is 0.410 e. The maximum absolute atomic E-state index is 12.4. The molecule has 2 atom stereocenters. The summed E-state index contributed by atoms with van der Waals surface area (Å²) in [5, 5.41) is 10.3. The molecule has 2 aliphatic rings. The van der Waals surface area contributed by atoms with Crippen LogP contribution >= 0.6 is 0 Å². The van der Waals surface area contributed by atoms with Crippen LogP contribution in [0.25, 0.3) is 0 Å². The summed E-state index contributed by atoms with van der Waals surface area (Å²) in [5.74, 6) is 0. The lowest BCUT2D eigenvalue weighted by Gasteiger charge is -2.52. The molecule has 1 aliphatic heterocycles. The van der Waals surface area contributed by atoms with Crippen molar-refractivity contribution >= 4 is 6.09 Å². The van der Waals surface area contributed by atoms with Crippen LogP contribution in [0.3, 0.4) is 0 Å². The average Bonchev–Trinajstić information content (AvgIpc) is 2.57. The van der Waals surface area contributed by atoms with E-state index in [9.17, 15) is 9.90 Å². The first-order chi connectivity index (χ1) is 11.3. The molecule has 1 aliphatic carbocycles. The normalized spacial score (nSPS) is 28.8. The van der Waals surface area contributed by atoms with E-state index in [1.165, 1.54) is 5.57 Å². The fraction of sp³-hybridized carbons (Fsp3) is 0.550. The molecule has 0 aromatic heterocycles. The Morgan fingerprint density at radius 1 is 1.29 bits per heavy atom. The third-order valence-corrected chi connectivity index (χ3v) is 5.67. The smallest absolute Gasteiger partial charge is 0.410 e. The maximum atomic E-state index is 12.4. The fourth-order valence-corrected chi connectivity index (χ4v) is 4.22. The van der Waals surface area contributed by atoms with E-state index in [0.29, 0.717) is 19.7 Å². The Morgan fingerprint density at radius 2 is 2.00 bits per heavy atom. The highest BCUT2D eigenvalue weighted by molar-refractivity contribution is 5.68. The van der Waals surface area contributed by atoms with Crippen LogP contribution in [0.15, 0.2) is 42.0 Å². The summed E-state index contributed by atoms with van der Waals surface area (Å²) in [4.78, 5) is 14.2. The molecule has 1 fully saturated rings. The summed E-state index contributed by atoms with van der Waals surface area (Å²) < 4.78 is 5.47. The molecule has 1 aromatic rings. The summed E-state index contributed by atoms with van der Waals surface area (Å²) in [5.41, 5.74) is 1.97. The predicted octanol–water partition coefficient (Wildman–Crippen LogP) is 3.75. The molecular weight excluding hydrogens is 302 g/mol. The van der Waals surface area contributed by atoms with Crippen LogP contribution in [0.5, 0.6) is 0 Å². The van der Waals surface area contributed by atoms with Crippen molar-refractivity contribution in [1.82, 2.24) is 4.90 Å². The van der Waals surface area contributed by atoms with Gasteiger partial charge in [-0.3, -0.25) is 0 Å². The van der Waals surface area contributed by atoms with Gasteiger partial charge in [0.1, 0.15) is 6.61 Å². The molecule has 0 unspecified atom stereocenters. The molecular formula is C20H27NO3. The second-order valence-electron chi connectivity index (χ2n) is 7.88. The molecule has 3 rings (SSSR count). The number of aliphatic hydroxyl groups is 1. The second kappa shape index (κ2) is 6.25. The number of aliphatic hydroxyl groups excluding tert-OH is 1. The lowest BCUT2D eigenvalue weighted by Crippen LogP contribution is -2.52. The van der Waals surface area contributed by atoms with Gasteiger partial charge in [-0.05, 0) is 18.4 Å². The molecule has 0 spiro atoms. The van der Waals surface area contributed by atoms with Crippen molar-refractivity contribution in [3.05, 3.63) is 47.5 Å². The van der Waals surface area contributed by atoms with E-state index in [2.05, 4.69) is 26.8 Å². The molecule has 0 saturated heterocycles. The van der Waals surface area contributed by atoms with Gasteiger partial charge in [0, 0.05) is 23.9 Å². The molecule has 1 amide bonds. The number of fused-ring (bicyclic) bond motifs is 1. The van der Waals surface area contributed by atoms with E-state index in [1.807, 2.05) is 30.3 Å². The number of hydrogen-bond donors (Lipinski definition) is 1. The molecule has 1 saturated carbocycles. The minimum Gasteiger partial charge on any atom is -0.445 e. The van der Waals surface area contributed by atoms with Gasteiger partial charge in [-0.1, -0.05) is 62.8 Å². The molecule has 1 aromatic carbocycles. The predicted molar refractivity (Wildman–Crippen MR) is 93.4 cm³/mol. The van der Waals surface area contributed by atoms with Crippen LogP contribution in [0.1, 0.15) is 39.2 Å². The third kappa shape index (κ3) is 3.07. The summed E-state index contributed by atoms with van der Waals surface area (Å²) in [6, 6.07) is 9.73. The number of amides is 1. The van der Waals surface area contributed by atoms with E-state index >= 15 is 0 Å². The van der Waals surface area contributed by atoms with Gasteiger partial charge in [0.2, 0.25) is 0 Å². The Hall–Kier alpha value is -1.81. The van der Waals surface area contributed by atoms with Crippen LogP contribution in [-0.4, -0.2) is 35.3 Å². The first kappa shape index (κ1) is 17.0. The van der Waals surface area contributed by atoms with Gasteiger partial charge in [0.15, 0.2) is 0 Å². The summed E-state index contributed by atoms with van der Waals surface area (Å²) >= 11 is 0. The van der Waals surface area contributed by atoms with E-state index in [1.54, 1.807) is 4.90 Å². The largest absolute Gasteiger partial charge is 0.445 e. The van der Waals surface area contributed by atoms with Crippen molar-refractivity contribution in [2.24, 2.45) is 10.8 Å². The first-order valence-electron chi connectivity index (χ1n) is 8.68. The van der Waals surface area contributed by atoms with Crippen LogP contribution in [-0.2, 0) is 11.3 Å². The lowest BCUT2D eigenvalue weighted by molar-refractivity contribution is -0.00272. The molecule has 4 nitrogen and oxygen atoms in total. The summed E-state index contributed by atoms with van der Waals surface area (Å²) in [6.45, 7) is 7.91. The number of benzene rings is 1. The zero-order valence-electron chi connectivity index (χ0n) is 14.8. The van der Waals surface area contributed by atoms with Gasteiger partial charge < -0.3 is 14.7 Å². The molecule has 1 N–H and O–H groups in total. The van der Waals surface area contributed by atoms with Gasteiger partial charge in [-0.25, -0.2) is 4.79 Å². The zero-order chi connectivity index (χ0) is 17.4. The Balaban J connectivity index is 1.68. The van der Waals surface area contributed by atoms with Gasteiger partial charge in [-0.15, -0.1) is 0 Å². The molecule has 24 heavy (non-hydrogen) atoms. The monoisotopic (exact) mass is 329 g/mol.